The van der Waals surface area contributed by atoms with E-state index in [0.29, 0.717) is 5.69 Å². The number of anilines is 2. The molecule has 0 aromatic heterocycles. The molecular formula is C16H12BrN3O4. The third-order valence-electron chi connectivity index (χ3n) is 3.02. The molecule has 2 aromatic rings. The molecule has 3 N–H and O–H groups in total. The molecule has 0 saturated carbocycles. The number of phenolic OH excluding ortho intramolecular Hbond substituents is 1. The van der Waals surface area contributed by atoms with Gasteiger partial charge in [-0.1, -0.05) is 22.0 Å². The lowest BCUT2D eigenvalue weighted by Gasteiger charge is -2.12. The standard InChI is InChI=1S/C16H12BrN3O4/c1-24-15(22)13-9(8-18)5-6-12(14(13)21)20-16(23)19-11-4-2-3-10(17)7-11/h2-7,21H,1H3,(H2,19,20,23). The van der Waals surface area contributed by atoms with E-state index in [1.54, 1.807) is 30.3 Å². The van der Waals surface area contributed by atoms with Gasteiger partial charge in [0.05, 0.1) is 18.4 Å². The topological polar surface area (TPSA) is 111 Å². The number of nitrogens with one attached hydrogen (secondary N) is 2. The lowest BCUT2D eigenvalue weighted by molar-refractivity contribution is 0.0597. The van der Waals surface area contributed by atoms with Gasteiger partial charge in [0.15, 0.2) is 5.75 Å². The summed E-state index contributed by atoms with van der Waals surface area (Å²) < 4.78 is 5.33. The maximum atomic E-state index is 12.0. The third-order valence-corrected chi connectivity index (χ3v) is 3.51. The predicted molar refractivity (Wildman–Crippen MR) is 90.9 cm³/mol. The Labute approximate surface area is 146 Å². The fraction of sp³-hybridized carbons (Fsp3) is 0.0625. The lowest BCUT2D eigenvalue weighted by atomic mass is 10.1. The third kappa shape index (κ3) is 3.83. The fourth-order valence-corrected chi connectivity index (χ4v) is 2.34. The van der Waals surface area contributed by atoms with Crippen LogP contribution in [0.25, 0.3) is 0 Å². The van der Waals surface area contributed by atoms with E-state index < -0.39 is 17.7 Å². The number of carbonyl (C=O) groups is 2. The van der Waals surface area contributed by atoms with Gasteiger partial charge in [-0.15, -0.1) is 0 Å². The minimum Gasteiger partial charge on any atom is -0.505 e. The van der Waals surface area contributed by atoms with E-state index in [0.717, 1.165) is 11.6 Å². The second kappa shape index (κ2) is 7.48. The maximum absolute atomic E-state index is 12.0. The van der Waals surface area contributed by atoms with Crippen molar-refractivity contribution in [1.82, 2.24) is 0 Å². The van der Waals surface area contributed by atoms with E-state index in [1.165, 1.54) is 12.1 Å². The van der Waals surface area contributed by atoms with Gasteiger partial charge in [-0.25, -0.2) is 9.59 Å². The number of benzene rings is 2. The molecule has 2 rings (SSSR count). The zero-order chi connectivity index (χ0) is 17.7. The minimum absolute atomic E-state index is 0.0260. The molecule has 0 radical (unpaired) electrons. The number of ether oxygens (including phenoxy) is 1. The number of phenols is 1. The van der Waals surface area contributed by atoms with Gasteiger partial charge in [-0.05, 0) is 30.3 Å². The lowest BCUT2D eigenvalue weighted by Crippen LogP contribution is -2.20. The molecule has 24 heavy (non-hydrogen) atoms. The van der Waals surface area contributed by atoms with Crippen molar-refractivity contribution in [2.45, 2.75) is 0 Å². The number of halogens is 1. The summed E-state index contributed by atoms with van der Waals surface area (Å²) in [6.07, 6.45) is 0. The molecule has 7 nitrogen and oxygen atoms in total. The monoisotopic (exact) mass is 389 g/mol. The van der Waals surface area contributed by atoms with Crippen molar-refractivity contribution < 1.29 is 19.4 Å². The Balaban J connectivity index is 2.25. The fourth-order valence-electron chi connectivity index (χ4n) is 1.94. The van der Waals surface area contributed by atoms with E-state index >= 15 is 0 Å². The Bertz CT molecular complexity index is 846. The van der Waals surface area contributed by atoms with Gasteiger partial charge in [0.25, 0.3) is 0 Å². The van der Waals surface area contributed by atoms with Gasteiger partial charge in [-0.3, -0.25) is 0 Å². The molecule has 0 aliphatic heterocycles. The number of aromatic hydroxyl groups is 1. The highest BCUT2D eigenvalue weighted by atomic mass is 79.9. The smallest absolute Gasteiger partial charge is 0.343 e. The number of rotatable bonds is 3. The van der Waals surface area contributed by atoms with Crippen molar-refractivity contribution in [3.63, 3.8) is 0 Å². The number of esters is 1. The van der Waals surface area contributed by atoms with E-state index in [-0.39, 0.29) is 16.8 Å². The van der Waals surface area contributed by atoms with Gasteiger partial charge < -0.3 is 20.5 Å². The second-order valence-electron chi connectivity index (χ2n) is 4.58. The normalized spacial score (nSPS) is 9.71. The van der Waals surface area contributed by atoms with Gasteiger partial charge in [0.1, 0.15) is 11.6 Å². The first-order chi connectivity index (χ1) is 11.5. The van der Waals surface area contributed by atoms with Crippen LogP contribution in [0, 0.1) is 11.3 Å². The highest BCUT2D eigenvalue weighted by Crippen LogP contribution is 2.31. The Hall–Kier alpha value is -3.05. The predicted octanol–water partition coefficient (Wildman–Crippen LogP) is 3.46. The Morgan fingerprint density at radius 1 is 1.25 bits per heavy atom. The molecule has 122 valence electrons. The first-order valence-corrected chi connectivity index (χ1v) is 7.43. The van der Waals surface area contributed by atoms with Crippen LogP contribution < -0.4 is 10.6 Å². The van der Waals surface area contributed by atoms with Crippen LogP contribution in [0.3, 0.4) is 0 Å². The van der Waals surface area contributed by atoms with Crippen LogP contribution in [-0.4, -0.2) is 24.2 Å². The molecule has 0 saturated heterocycles. The highest BCUT2D eigenvalue weighted by Gasteiger charge is 2.21. The zero-order valence-corrected chi connectivity index (χ0v) is 14.0. The van der Waals surface area contributed by atoms with Gasteiger partial charge in [-0.2, -0.15) is 5.26 Å². The minimum atomic E-state index is -0.875. The first kappa shape index (κ1) is 17.3. The van der Waals surface area contributed by atoms with Crippen LogP contribution in [-0.2, 0) is 4.74 Å². The number of nitrogens with zero attached hydrogens (tertiary/aromatic N) is 1. The Morgan fingerprint density at radius 3 is 2.62 bits per heavy atom. The highest BCUT2D eigenvalue weighted by molar-refractivity contribution is 9.10. The molecule has 0 fully saturated rings. The van der Waals surface area contributed by atoms with Crippen molar-refractivity contribution in [1.29, 1.82) is 5.26 Å². The van der Waals surface area contributed by atoms with Crippen LogP contribution in [0.4, 0.5) is 16.2 Å². The van der Waals surface area contributed by atoms with Crippen molar-refractivity contribution in [3.8, 4) is 11.8 Å². The number of hydrogen-bond acceptors (Lipinski definition) is 5. The van der Waals surface area contributed by atoms with Crippen LogP contribution in [0.5, 0.6) is 5.75 Å². The van der Waals surface area contributed by atoms with Crippen LogP contribution in [0.1, 0.15) is 15.9 Å². The average molecular weight is 390 g/mol. The molecule has 0 aliphatic carbocycles. The largest absolute Gasteiger partial charge is 0.505 e. The summed E-state index contributed by atoms with van der Waals surface area (Å²) in [6.45, 7) is 0. The van der Waals surface area contributed by atoms with E-state index in [9.17, 15) is 14.7 Å². The molecule has 2 amide bonds. The quantitative estimate of drug-likeness (QED) is 0.549. The summed E-state index contributed by atoms with van der Waals surface area (Å²) in [5, 5.41) is 24.2. The summed E-state index contributed by atoms with van der Waals surface area (Å²) in [5.41, 5.74) is 0.141. The molecule has 0 bridgehead atoms. The molecule has 0 aliphatic rings. The summed E-state index contributed by atoms with van der Waals surface area (Å²) in [7, 11) is 1.13. The molecule has 0 spiro atoms. The molecule has 0 atom stereocenters. The van der Waals surface area contributed by atoms with Crippen LogP contribution >= 0.6 is 15.9 Å². The number of hydrogen-bond donors (Lipinski definition) is 3. The first-order valence-electron chi connectivity index (χ1n) is 6.64. The van der Waals surface area contributed by atoms with Crippen molar-refractivity contribution in [2.24, 2.45) is 0 Å². The number of nitriles is 1. The van der Waals surface area contributed by atoms with E-state index in [2.05, 4.69) is 31.3 Å². The van der Waals surface area contributed by atoms with Crippen molar-refractivity contribution >= 4 is 39.3 Å². The molecule has 8 heteroatoms. The summed E-state index contributed by atoms with van der Waals surface area (Å²) in [6, 6.07) is 10.7. The van der Waals surface area contributed by atoms with E-state index in [4.69, 9.17) is 5.26 Å². The average Bonchev–Trinajstić information content (AvgIpc) is 2.55. The maximum Gasteiger partial charge on any atom is 0.343 e. The van der Waals surface area contributed by atoms with Gasteiger partial charge >= 0.3 is 12.0 Å². The molecule has 0 unspecified atom stereocenters. The summed E-state index contributed by atoms with van der Waals surface area (Å²) in [5.74, 6) is -1.41. The molecule has 2 aromatic carbocycles. The van der Waals surface area contributed by atoms with Crippen LogP contribution in [0.2, 0.25) is 0 Å². The number of methoxy groups -OCH3 is 1. The summed E-state index contributed by atoms with van der Waals surface area (Å²) >= 11 is 3.29. The Morgan fingerprint density at radius 2 is 2.00 bits per heavy atom. The van der Waals surface area contributed by atoms with Crippen LogP contribution in [0.15, 0.2) is 40.9 Å². The SMILES string of the molecule is COC(=O)c1c(C#N)ccc(NC(=O)Nc2cccc(Br)c2)c1O. The second-order valence-corrected chi connectivity index (χ2v) is 5.49. The number of carbonyl (C=O) groups excluding carboxylic acids is 2. The summed E-state index contributed by atoms with van der Waals surface area (Å²) in [4.78, 5) is 23.7. The molecular weight excluding hydrogens is 378 g/mol. The number of urea groups is 1. The van der Waals surface area contributed by atoms with Gasteiger partial charge in [0, 0.05) is 10.2 Å². The van der Waals surface area contributed by atoms with Crippen molar-refractivity contribution in [3.05, 3.63) is 52.0 Å². The van der Waals surface area contributed by atoms with E-state index in [1.807, 2.05) is 0 Å². The zero-order valence-electron chi connectivity index (χ0n) is 12.5. The Kier molecular flexibility index (Phi) is 5.39. The van der Waals surface area contributed by atoms with Gasteiger partial charge in [0.2, 0.25) is 0 Å². The van der Waals surface area contributed by atoms with Crippen molar-refractivity contribution in [2.75, 3.05) is 17.7 Å². The molecule has 0 heterocycles. The number of amides is 2.